The second kappa shape index (κ2) is 7.21. The van der Waals surface area contributed by atoms with E-state index < -0.39 is 11.6 Å². The Morgan fingerprint density at radius 2 is 1.47 bits per heavy atom. The average molecular weight is 495 g/mol. The molecule has 9 nitrogen and oxygen atoms in total. The van der Waals surface area contributed by atoms with Gasteiger partial charge >= 0.3 is 5.97 Å². The Morgan fingerprint density at radius 3 is 2.09 bits per heavy atom. The van der Waals surface area contributed by atoms with Gasteiger partial charge in [-0.1, -0.05) is 6.07 Å². The van der Waals surface area contributed by atoms with E-state index in [0.29, 0.717) is 27.9 Å². The van der Waals surface area contributed by atoms with Crippen LogP contribution >= 0.6 is 23.2 Å². The molecule has 168 valence electrons. The van der Waals surface area contributed by atoms with Crippen molar-refractivity contribution in [2.75, 3.05) is 5.32 Å². The summed E-state index contributed by atoms with van der Waals surface area (Å²) in [5, 5.41) is 23.0. The number of halogens is 2. The molecule has 1 spiro atoms. The first-order chi connectivity index (χ1) is 16.3. The minimum absolute atomic E-state index is 0.0390. The number of aromatic nitrogens is 3. The van der Waals surface area contributed by atoms with Gasteiger partial charge in [-0.25, -0.2) is 4.79 Å². The molecule has 0 unspecified atom stereocenters. The molecule has 1 aromatic heterocycles. The SMILES string of the molecule is O=C1OC2(c3ccc(O)cc3Oc3cc(O)ccc32)c2c(Nc3nc(Cl)nc(Cl)n3)cccc21. The fourth-order valence-electron chi connectivity index (χ4n) is 4.37. The first kappa shape index (κ1) is 20.5. The molecular weight excluding hydrogens is 483 g/mol. The molecule has 0 atom stereocenters. The van der Waals surface area contributed by atoms with Crippen LogP contribution < -0.4 is 10.1 Å². The summed E-state index contributed by atoms with van der Waals surface area (Å²) in [6.45, 7) is 0. The highest BCUT2D eigenvalue weighted by Gasteiger charge is 2.55. The molecule has 2 aliphatic heterocycles. The number of benzene rings is 3. The van der Waals surface area contributed by atoms with Crippen LogP contribution in [0.3, 0.4) is 0 Å². The lowest BCUT2D eigenvalue weighted by Gasteiger charge is -2.37. The van der Waals surface area contributed by atoms with Crippen LogP contribution in [0.15, 0.2) is 54.6 Å². The average Bonchev–Trinajstić information content (AvgIpc) is 3.06. The number of hydrogen-bond acceptors (Lipinski definition) is 9. The van der Waals surface area contributed by atoms with E-state index >= 15 is 0 Å². The number of nitrogens with zero attached hydrogens (tertiary/aromatic N) is 3. The fourth-order valence-corrected chi connectivity index (χ4v) is 4.73. The number of phenolic OH excluding ortho intramolecular Hbond substituents is 2. The molecule has 6 rings (SSSR count). The number of rotatable bonds is 2. The summed E-state index contributed by atoms with van der Waals surface area (Å²) in [7, 11) is 0. The molecule has 2 aliphatic rings. The summed E-state index contributed by atoms with van der Waals surface area (Å²) in [5.74, 6) is -0.0485. The highest BCUT2D eigenvalue weighted by Crippen LogP contribution is 2.58. The maximum Gasteiger partial charge on any atom is 0.340 e. The van der Waals surface area contributed by atoms with Crippen molar-refractivity contribution in [2.45, 2.75) is 5.60 Å². The van der Waals surface area contributed by atoms with Crippen LogP contribution in [0.25, 0.3) is 0 Å². The first-order valence-corrected chi connectivity index (χ1v) is 10.7. The van der Waals surface area contributed by atoms with Gasteiger partial charge in [0.1, 0.15) is 23.0 Å². The van der Waals surface area contributed by atoms with Crippen molar-refractivity contribution >= 4 is 40.8 Å². The maximum absolute atomic E-state index is 13.1. The molecule has 0 fully saturated rings. The molecule has 0 aliphatic carbocycles. The van der Waals surface area contributed by atoms with E-state index in [1.807, 2.05) is 0 Å². The number of esters is 1. The number of hydrogen-bond donors (Lipinski definition) is 3. The minimum atomic E-state index is -1.46. The molecule has 3 aromatic carbocycles. The van der Waals surface area contributed by atoms with Gasteiger partial charge in [0.2, 0.25) is 16.5 Å². The smallest absolute Gasteiger partial charge is 0.340 e. The van der Waals surface area contributed by atoms with Crippen molar-refractivity contribution in [1.82, 2.24) is 15.0 Å². The Labute approximate surface area is 201 Å². The largest absolute Gasteiger partial charge is 0.508 e. The van der Waals surface area contributed by atoms with Crippen LogP contribution in [0.5, 0.6) is 23.0 Å². The van der Waals surface area contributed by atoms with Gasteiger partial charge in [0, 0.05) is 34.5 Å². The second-order valence-electron chi connectivity index (χ2n) is 7.58. The predicted octanol–water partition coefficient (Wildman–Crippen LogP) is 4.90. The lowest BCUT2D eigenvalue weighted by Crippen LogP contribution is -2.33. The third kappa shape index (κ3) is 2.94. The van der Waals surface area contributed by atoms with E-state index in [2.05, 4.69) is 20.3 Å². The molecule has 0 saturated heterocycles. The van der Waals surface area contributed by atoms with E-state index in [4.69, 9.17) is 32.7 Å². The maximum atomic E-state index is 13.1. The normalized spacial score (nSPS) is 14.6. The number of anilines is 2. The molecular formula is C23H12Cl2N4O5. The van der Waals surface area contributed by atoms with E-state index in [0.717, 1.165) is 0 Å². The lowest BCUT2D eigenvalue weighted by molar-refractivity contribution is 0.0225. The quantitative estimate of drug-likeness (QED) is 0.333. The van der Waals surface area contributed by atoms with Crippen LogP contribution in [-0.4, -0.2) is 31.1 Å². The number of aromatic hydroxyl groups is 2. The van der Waals surface area contributed by atoms with Gasteiger partial charge in [-0.3, -0.25) is 0 Å². The van der Waals surface area contributed by atoms with Crippen LogP contribution in [0.2, 0.25) is 10.6 Å². The molecule has 0 bridgehead atoms. The number of phenols is 2. The molecule has 0 amide bonds. The summed E-state index contributed by atoms with van der Waals surface area (Å²) in [5.41, 5.74) is 0.724. The second-order valence-corrected chi connectivity index (χ2v) is 8.26. The topological polar surface area (TPSA) is 127 Å². The zero-order valence-electron chi connectivity index (χ0n) is 16.9. The van der Waals surface area contributed by atoms with E-state index in [9.17, 15) is 15.0 Å². The third-order valence-electron chi connectivity index (χ3n) is 5.62. The zero-order chi connectivity index (χ0) is 23.6. The summed E-state index contributed by atoms with van der Waals surface area (Å²) in [4.78, 5) is 25.0. The van der Waals surface area contributed by atoms with Gasteiger partial charge in [-0.05, 0) is 59.6 Å². The van der Waals surface area contributed by atoms with Gasteiger partial charge in [-0.15, -0.1) is 0 Å². The molecule has 0 saturated carbocycles. The van der Waals surface area contributed by atoms with Crippen LogP contribution in [0.4, 0.5) is 11.6 Å². The summed E-state index contributed by atoms with van der Waals surface area (Å²) in [6.07, 6.45) is 0. The highest BCUT2D eigenvalue weighted by atomic mass is 35.5. The standard InChI is InChI=1S/C23H12Cl2N4O5/c24-20-27-21(25)29-22(28-20)26-15-3-1-2-12-18(15)23(34-19(12)32)13-6-4-10(30)8-16(13)33-17-9-11(31)5-7-14(17)23/h1-9,30-31H,(H,26,27,28,29). The molecule has 3 heterocycles. The van der Waals surface area contributed by atoms with Crippen molar-refractivity contribution in [3.63, 3.8) is 0 Å². The van der Waals surface area contributed by atoms with E-state index in [-0.39, 0.29) is 39.5 Å². The Hall–Kier alpha value is -4.08. The number of carbonyl (C=O) groups excluding carboxylic acids is 1. The van der Waals surface area contributed by atoms with Gasteiger partial charge in [0.15, 0.2) is 5.60 Å². The Morgan fingerprint density at radius 1 is 0.853 bits per heavy atom. The number of nitrogens with one attached hydrogen (secondary N) is 1. The Bertz CT molecular complexity index is 1460. The van der Waals surface area contributed by atoms with Crippen molar-refractivity contribution in [1.29, 1.82) is 0 Å². The summed E-state index contributed by atoms with van der Waals surface area (Å²) in [6, 6.07) is 14.1. The predicted molar refractivity (Wildman–Crippen MR) is 121 cm³/mol. The molecule has 11 heteroatoms. The summed E-state index contributed by atoms with van der Waals surface area (Å²) >= 11 is 11.9. The molecule has 0 radical (unpaired) electrons. The Balaban J connectivity index is 1.65. The molecule has 34 heavy (non-hydrogen) atoms. The third-order valence-corrected chi connectivity index (χ3v) is 5.96. The first-order valence-electron chi connectivity index (χ1n) is 9.91. The van der Waals surface area contributed by atoms with Gasteiger partial charge in [-0.2, -0.15) is 15.0 Å². The number of ether oxygens (including phenoxy) is 2. The van der Waals surface area contributed by atoms with Crippen LogP contribution in [-0.2, 0) is 10.3 Å². The summed E-state index contributed by atoms with van der Waals surface area (Å²) < 4.78 is 12.1. The van der Waals surface area contributed by atoms with Gasteiger partial charge < -0.3 is 25.0 Å². The number of fused-ring (bicyclic) bond motifs is 6. The Kier molecular flexibility index (Phi) is 4.35. The van der Waals surface area contributed by atoms with Gasteiger partial charge in [0.25, 0.3) is 0 Å². The highest BCUT2D eigenvalue weighted by molar-refractivity contribution is 6.31. The van der Waals surface area contributed by atoms with Gasteiger partial charge in [0.05, 0.1) is 5.56 Å². The van der Waals surface area contributed by atoms with Crippen LogP contribution in [0.1, 0.15) is 27.0 Å². The monoisotopic (exact) mass is 494 g/mol. The lowest BCUT2D eigenvalue weighted by atomic mass is 9.77. The van der Waals surface area contributed by atoms with Crippen molar-refractivity contribution in [2.24, 2.45) is 0 Å². The zero-order valence-corrected chi connectivity index (χ0v) is 18.4. The molecule has 4 aromatic rings. The fraction of sp³-hybridized carbons (Fsp3) is 0.0435. The number of carbonyl (C=O) groups is 1. The van der Waals surface area contributed by atoms with Crippen molar-refractivity contribution < 1.29 is 24.5 Å². The molecule has 3 N–H and O–H groups in total. The van der Waals surface area contributed by atoms with E-state index in [1.165, 1.54) is 24.3 Å². The van der Waals surface area contributed by atoms with E-state index in [1.54, 1.807) is 30.3 Å². The minimum Gasteiger partial charge on any atom is -0.508 e. The van der Waals surface area contributed by atoms with Crippen molar-refractivity contribution in [3.05, 3.63) is 87.4 Å². The van der Waals surface area contributed by atoms with Crippen LogP contribution in [0, 0.1) is 0 Å². The van der Waals surface area contributed by atoms with Crippen molar-refractivity contribution in [3.8, 4) is 23.0 Å².